The van der Waals surface area contributed by atoms with Gasteiger partial charge >= 0.3 is 11.9 Å². The van der Waals surface area contributed by atoms with Gasteiger partial charge in [-0.25, -0.2) is 0 Å². The van der Waals surface area contributed by atoms with Gasteiger partial charge in [-0.1, -0.05) is 62.6 Å². The smallest absolute Gasteiger partial charge is 0.307 e. The van der Waals surface area contributed by atoms with Crippen LogP contribution in [0, 0.1) is 0 Å². The van der Waals surface area contributed by atoms with Crippen LogP contribution in [-0.2, 0) is 14.3 Å². The topological polar surface area (TPSA) is 63.6 Å². The molecule has 0 saturated carbocycles. The third-order valence-corrected chi connectivity index (χ3v) is 4.48. The summed E-state index contributed by atoms with van der Waals surface area (Å²) in [4.78, 5) is 23.0. The monoisotopic (exact) mass is 422 g/mol. The van der Waals surface area contributed by atoms with Crippen molar-refractivity contribution >= 4 is 11.9 Å². The van der Waals surface area contributed by atoms with Gasteiger partial charge in [-0.15, -0.1) is 0 Å². The molecule has 0 radical (unpaired) electrons. The van der Waals surface area contributed by atoms with Gasteiger partial charge in [0.2, 0.25) is 0 Å². The molecule has 0 rings (SSSR count). The number of nitrogens with zero attached hydrogens (tertiary/aromatic N) is 1. The number of quaternary nitrogens is 1. The van der Waals surface area contributed by atoms with Crippen molar-refractivity contribution in [3.8, 4) is 0 Å². The lowest BCUT2D eigenvalue weighted by atomic mass is 10.1. The Morgan fingerprint density at radius 3 is 2.03 bits per heavy atom. The lowest BCUT2D eigenvalue weighted by Gasteiger charge is -2.28. The third kappa shape index (κ3) is 20.8. The quantitative estimate of drug-likeness (QED) is 0.134. The van der Waals surface area contributed by atoms with E-state index < -0.39 is 12.1 Å². The summed E-state index contributed by atoms with van der Waals surface area (Å²) in [5.74, 6) is -1.22. The standard InChI is InChI=1S/C25H43NO4/c1-5-6-7-8-9-10-11-12-13-14-15-16-17-18-19-20-25(29)30-23(21-24(27)28)22-26(2,3)4/h6-7,9-10,12-13,23H,5,8,11,14-22H2,1-4H3/p+1/b7-6-,10-9-,13-12-/t23-/m1/s1. The van der Waals surface area contributed by atoms with Crippen LogP contribution in [0.2, 0.25) is 0 Å². The minimum Gasteiger partial charge on any atom is -0.481 e. The number of hydrogen-bond donors (Lipinski definition) is 1. The highest BCUT2D eigenvalue weighted by molar-refractivity contribution is 5.71. The number of aliphatic carboxylic acids is 1. The van der Waals surface area contributed by atoms with Crippen LogP contribution < -0.4 is 0 Å². The van der Waals surface area contributed by atoms with Crippen LogP contribution >= 0.6 is 0 Å². The van der Waals surface area contributed by atoms with Gasteiger partial charge in [-0.05, 0) is 38.5 Å². The zero-order chi connectivity index (χ0) is 22.7. The predicted octanol–water partition coefficient (Wildman–Crippen LogP) is 5.67. The number of rotatable bonds is 18. The summed E-state index contributed by atoms with van der Waals surface area (Å²) in [5.41, 5.74) is 0. The van der Waals surface area contributed by atoms with Gasteiger partial charge in [-0.2, -0.15) is 0 Å². The van der Waals surface area contributed by atoms with Crippen LogP contribution in [0.3, 0.4) is 0 Å². The molecule has 0 aliphatic carbocycles. The van der Waals surface area contributed by atoms with Gasteiger partial charge in [0.25, 0.3) is 0 Å². The highest BCUT2D eigenvalue weighted by Gasteiger charge is 2.24. The van der Waals surface area contributed by atoms with Crippen molar-refractivity contribution in [3.63, 3.8) is 0 Å². The molecule has 0 amide bonds. The molecule has 0 spiro atoms. The Balaban J connectivity index is 3.75. The molecule has 1 atom stereocenters. The fraction of sp³-hybridized carbons (Fsp3) is 0.680. The van der Waals surface area contributed by atoms with Crippen LogP contribution in [-0.4, -0.2) is 55.3 Å². The number of likely N-dealkylation sites (N-methyl/N-ethyl adjacent to an activating group) is 1. The highest BCUT2D eigenvalue weighted by Crippen LogP contribution is 2.11. The van der Waals surface area contributed by atoms with Crippen LogP contribution in [0.5, 0.6) is 0 Å². The maximum atomic E-state index is 12.0. The zero-order valence-corrected chi connectivity index (χ0v) is 19.6. The second-order valence-electron chi connectivity index (χ2n) is 8.78. The summed E-state index contributed by atoms with van der Waals surface area (Å²) in [6.07, 6.45) is 22.4. The summed E-state index contributed by atoms with van der Waals surface area (Å²) in [5, 5.41) is 9.00. The predicted molar refractivity (Wildman–Crippen MR) is 124 cm³/mol. The van der Waals surface area contributed by atoms with Crippen LogP contribution in [0.25, 0.3) is 0 Å². The van der Waals surface area contributed by atoms with E-state index in [1.54, 1.807) is 0 Å². The first kappa shape index (κ1) is 28.1. The summed E-state index contributed by atoms with van der Waals surface area (Å²) in [7, 11) is 5.88. The van der Waals surface area contributed by atoms with E-state index in [0.717, 1.165) is 44.9 Å². The van der Waals surface area contributed by atoms with Gasteiger partial charge in [0.1, 0.15) is 6.54 Å². The lowest BCUT2D eigenvalue weighted by molar-refractivity contribution is -0.873. The Morgan fingerprint density at radius 2 is 1.43 bits per heavy atom. The first-order chi connectivity index (χ1) is 14.2. The molecular weight excluding hydrogens is 378 g/mol. The van der Waals surface area contributed by atoms with Gasteiger partial charge in [-0.3, -0.25) is 9.59 Å². The van der Waals surface area contributed by atoms with Gasteiger partial charge < -0.3 is 14.3 Å². The molecule has 0 fully saturated rings. The minimum atomic E-state index is -0.935. The summed E-state index contributed by atoms with van der Waals surface area (Å²) in [6.45, 7) is 2.64. The molecular formula is C25H44NO4+. The maximum absolute atomic E-state index is 12.0. The van der Waals surface area contributed by atoms with E-state index in [0.29, 0.717) is 17.4 Å². The number of carbonyl (C=O) groups is 2. The average Bonchev–Trinajstić information content (AvgIpc) is 2.63. The van der Waals surface area contributed by atoms with Gasteiger partial charge in [0.05, 0.1) is 27.6 Å². The van der Waals surface area contributed by atoms with E-state index in [9.17, 15) is 9.59 Å². The second kappa shape index (κ2) is 17.9. The number of carbonyl (C=O) groups excluding carboxylic acids is 1. The fourth-order valence-corrected chi connectivity index (χ4v) is 3.08. The van der Waals surface area contributed by atoms with Crippen molar-refractivity contribution < 1.29 is 23.9 Å². The van der Waals surface area contributed by atoms with Crippen LogP contribution in [0.15, 0.2) is 36.5 Å². The number of ether oxygens (including phenoxy) is 1. The zero-order valence-electron chi connectivity index (χ0n) is 19.6. The first-order valence-corrected chi connectivity index (χ1v) is 11.4. The fourth-order valence-electron chi connectivity index (χ4n) is 3.08. The molecule has 0 aromatic carbocycles. The van der Waals surface area contributed by atoms with E-state index in [1.165, 1.54) is 12.8 Å². The molecule has 0 aliphatic heterocycles. The maximum Gasteiger partial charge on any atom is 0.307 e. The Bertz CT molecular complexity index is 544. The number of allylic oxidation sites excluding steroid dienone is 6. The van der Waals surface area contributed by atoms with E-state index in [2.05, 4.69) is 43.4 Å². The van der Waals surface area contributed by atoms with E-state index in [4.69, 9.17) is 9.84 Å². The van der Waals surface area contributed by atoms with Crippen molar-refractivity contribution in [2.75, 3.05) is 27.7 Å². The summed E-state index contributed by atoms with van der Waals surface area (Å²) >= 11 is 0. The molecule has 0 aliphatic rings. The Morgan fingerprint density at radius 1 is 0.867 bits per heavy atom. The molecule has 30 heavy (non-hydrogen) atoms. The third-order valence-electron chi connectivity index (χ3n) is 4.48. The van der Waals surface area contributed by atoms with E-state index in [-0.39, 0.29) is 12.4 Å². The highest BCUT2D eigenvalue weighted by atomic mass is 16.5. The molecule has 0 aromatic rings. The van der Waals surface area contributed by atoms with E-state index >= 15 is 0 Å². The van der Waals surface area contributed by atoms with Crippen LogP contribution in [0.1, 0.15) is 77.6 Å². The van der Waals surface area contributed by atoms with Crippen molar-refractivity contribution in [3.05, 3.63) is 36.5 Å². The largest absolute Gasteiger partial charge is 0.481 e. The van der Waals surface area contributed by atoms with Crippen molar-refractivity contribution in [2.24, 2.45) is 0 Å². The normalized spacial score (nSPS) is 13.5. The molecule has 0 saturated heterocycles. The SMILES string of the molecule is CC/C=C\C/C=C\C/C=C\CCCCCCCC(=O)O[C@H](CC(=O)O)C[N+](C)(C)C. The molecule has 0 unspecified atom stereocenters. The molecule has 172 valence electrons. The molecule has 0 aromatic heterocycles. The summed E-state index contributed by atoms with van der Waals surface area (Å²) < 4.78 is 5.96. The Hall–Kier alpha value is -1.88. The van der Waals surface area contributed by atoms with Gasteiger partial charge in [0.15, 0.2) is 6.10 Å². The van der Waals surface area contributed by atoms with E-state index in [1.807, 2.05) is 21.1 Å². The summed E-state index contributed by atoms with van der Waals surface area (Å²) in [6, 6.07) is 0. The van der Waals surface area contributed by atoms with Crippen molar-refractivity contribution in [2.45, 2.75) is 83.7 Å². The lowest BCUT2D eigenvalue weighted by Crippen LogP contribution is -2.43. The minimum absolute atomic E-state index is 0.138. The molecule has 0 bridgehead atoms. The average molecular weight is 423 g/mol. The first-order valence-electron chi connectivity index (χ1n) is 11.4. The molecule has 5 nitrogen and oxygen atoms in total. The van der Waals surface area contributed by atoms with Crippen molar-refractivity contribution in [1.82, 2.24) is 0 Å². The number of esters is 1. The molecule has 0 heterocycles. The Labute approximate surface area is 184 Å². The number of hydrogen-bond acceptors (Lipinski definition) is 3. The number of unbranched alkanes of at least 4 members (excludes halogenated alkanes) is 5. The number of carboxylic acids is 1. The van der Waals surface area contributed by atoms with Crippen LogP contribution in [0.4, 0.5) is 0 Å². The Kier molecular flexibility index (Phi) is 16.8. The van der Waals surface area contributed by atoms with Crippen molar-refractivity contribution in [1.29, 1.82) is 0 Å². The number of carboxylic acid groups (broad SMARTS) is 1. The van der Waals surface area contributed by atoms with Gasteiger partial charge in [0, 0.05) is 6.42 Å². The molecule has 1 N–H and O–H groups in total. The second-order valence-corrected chi connectivity index (χ2v) is 8.78. The molecule has 5 heteroatoms.